The van der Waals surface area contributed by atoms with Gasteiger partial charge in [0.1, 0.15) is 0 Å². The molecule has 0 atom stereocenters. The van der Waals surface area contributed by atoms with E-state index in [9.17, 15) is 13.2 Å². The van der Waals surface area contributed by atoms with Crippen LogP contribution in [-0.2, 0) is 20.2 Å². The van der Waals surface area contributed by atoms with E-state index in [2.05, 4.69) is 5.32 Å². The second kappa shape index (κ2) is 8.68. The molecule has 3 rings (SSSR count). The molecule has 1 heterocycles. The van der Waals surface area contributed by atoms with E-state index in [0.29, 0.717) is 25.9 Å². The van der Waals surface area contributed by atoms with Gasteiger partial charge in [-0.1, -0.05) is 42.5 Å². The number of anilines is 1. The number of hydrogen-bond donors (Lipinski definition) is 1. The van der Waals surface area contributed by atoms with Crippen molar-refractivity contribution in [2.75, 3.05) is 30.4 Å². The number of rotatable bonds is 6. The van der Waals surface area contributed by atoms with Crippen LogP contribution in [0.5, 0.6) is 0 Å². The monoisotopic (exact) mass is 418 g/mol. The van der Waals surface area contributed by atoms with Crippen LogP contribution in [0.15, 0.2) is 59.5 Å². The molecule has 0 spiro atoms. The fourth-order valence-corrected chi connectivity index (χ4v) is 5.38. The highest BCUT2D eigenvalue weighted by atomic mass is 32.2. The summed E-state index contributed by atoms with van der Waals surface area (Å²) in [6.45, 7) is 2.35. The summed E-state index contributed by atoms with van der Waals surface area (Å²) in [6, 6.07) is 17.4. The molecule has 0 aromatic heterocycles. The number of amides is 1. The van der Waals surface area contributed by atoms with Crippen LogP contribution in [0.25, 0.3) is 0 Å². The molecular formula is C21H26N2O3S2. The molecule has 2 aromatic rings. The summed E-state index contributed by atoms with van der Waals surface area (Å²) < 4.78 is 26.0. The number of carbonyl (C=O) groups excluding carboxylic acids is 1. The van der Waals surface area contributed by atoms with Crippen molar-refractivity contribution in [1.29, 1.82) is 0 Å². The van der Waals surface area contributed by atoms with Crippen molar-refractivity contribution in [1.82, 2.24) is 4.31 Å². The number of piperidine rings is 1. The Bertz CT molecular complexity index is 922. The van der Waals surface area contributed by atoms with Crippen LogP contribution in [0.4, 0.5) is 5.69 Å². The summed E-state index contributed by atoms with van der Waals surface area (Å²) in [6.07, 6.45) is 2.90. The van der Waals surface area contributed by atoms with E-state index in [-0.39, 0.29) is 11.7 Å². The minimum Gasteiger partial charge on any atom is -0.324 e. The molecule has 1 aliphatic rings. The van der Waals surface area contributed by atoms with Gasteiger partial charge in [0.25, 0.3) is 0 Å². The Balaban J connectivity index is 1.92. The van der Waals surface area contributed by atoms with Crippen LogP contribution in [0, 0.1) is 0 Å². The number of thioether (sulfide) groups is 1. The van der Waals surface area contributed by atoms with E-state index in [1.54, 1.807) is 18.7 Å². The van der Waals surface area contributed by atoms with E-state index in [0.717, 1.165) is 16.1 Å². The lowest BCUT2D eigenvalue weighted by Crippen LogP contribution is -2.51. The van der Waals surface area contributed by atoms with Gasteiger partial charge in [0.15, 0.2) is 0 Å². The second-order valence-corrected chi connectivity index (χ2v) is 10.0. The summed E-state index contributed by atoms with van der Waals surface area (Å²) in [5.74, 6) is 0.00674. The smallest absolute Gasteiger partial charge is 0.235 e. The van der Waals surface area contributed by atoms with Crippen molar-refractivity contribution >= 4 is 33.4 Å². The average Bonchev–Trinajstić information content (AvgIpc) is 2.74. The predicted octanol–water partition coefficient (Wildman–Crippen LogP) is 3.73. The summed E-state index contributed by atoms with van der Waals surface area (Å²) in [7, 11) is -3.25. The molecule has 28 heavy (non-hydrogen) atoms. The van der Waals surface area contributed by atoms with Gasteiger partial charge >= 0.3 is 0 Å². The van der Waals surface area contributed by atoms with Gasteiger partial charge in [-0.05, 0) is 43.7 Å². The van der Waals surface area contributed by atoms with Gasteiger partial charge < -0.3 is 5.32 Å². The van der Waals surface area contributed by atoms with Gasteiger partial charge in [0.05, 0.1) is 16.9 Å². The molecule has 0 radical (unpaired) electrons. The van der Waals surface area contributed by atoms with Crippen molar-refractivity contribution in [3.05, 3.63) is 60.2 Å². The fraction of sp³-hybridized carbons (Fsp3) is 0.381. The van der Waals surface area contributed by atoms with Gasteiger partial charge in [-0.2, -0.15) is 0 Å². The second-order valence-electron chi connectivity index (χ2n) is 6.90. The molecule has 0 aliphatic carbocycles. The molecule has 150 valence electrons. The lowest BCUT2D eigenvalue weighted by Gasteiger charge is -2.40. The highest BCUT2D eigenvalue weighted by Gasteiger charge is 2.44. The van der Waals surface area contributed by atoms with Crippen molar-refractivity contribution in [2.24, 2.45) is 0 Å². The Morgan fingerprint density at radius 3 is 2.29 bits per heavy atom. The first kappa shape index (κ1) is 20.9. The standard InChI is InChI=1S/C21H26N2O3S2/c1-3-28(25,26)23-15-13-21(14-16-23,17-9-5-4-6-10-17)20(24)22-18-11-7-8-12-19(18)27-2/h4-12H,3,13-16H2,1-2H3,(H,22,24). The number of nitrogens with one attached hydrogen (secondary N) is 1. The number of carbonyl (C=O) groups is 1. The maximum atomic E-state index is 13.5. The number of benzene rings is 2. The van der Waals surface area contributed by atoms with Gasteiger partial charge in [-0.3, -0.25) is 4.79 Å². The molecular weight excluding hydrogens is 392 g/mol. The molecule has 0 bridgehead atoms. The van der Waals surface area contributed by atoms with E-state index >= 15 is 0 Å². The van der Waals surface area contributed by atoms with Gasteiger partial charge in [-0.15, -0.1) is 11.8 Å². The first-order valence-electron chi connectivity index (χ1n) is 9.41. The maximum Gasteiger partial charge on any atom is 0.235 e. The first-order chi connectivity index (χ1) is 13.4. The number of para-hydroxylation sites is 1. The third-order valence-corrected chi connectivity index (χ3v) is 8.13. The van der Waals surface area contributed by atoms with Crippen molar-refractivity contribution < 1.29 is 13.2 Å². The van der Waals surface area contributed by atoms with Crippen LogP contribution in [0.2, 0.25) is 0 Å². The van der Waals surface area contributed by atoms with E-state index in [1.807, 2.05) is 60.9 Å². The van der Waals surface area contributed by atoms with Crippen LogP contribution >= 0.6 is 11.8 Å². The van der Waals surface area contributed by atoms with Crippen molar-refractivity contribution in [3.8, 4) is 0 Å². The highest BCUT2D eigenvalue weighted by molar-refractivity contribution is 7.98. The zero-order chi connectivity index (χ0) is 20.2. The first-order valence-corrected chi connectivity index (χ1v) is 12.2. The van der Waals surface area contributed by atoms with Crippen LogP contribution < -0.4 is 5.32 Å². The molecule has 7 heteroatoms. The molecule has 5 nitrogen and oxygen atoms in total. The number of sulfonamides is 1. The third kappa shape index (κ3) is 4.11. The third-order valence-electron chi connectivity index (χ3n) is 5.45. The molecule has 1 aliphatic heterocycles. The normalized spacial score (nSPS) is 17.2. The topological polar surface area (TPSA) is 66.5 Å². The number of hydrogen-bond acceptors (Lipinski definition) is 4. The van der Waals surface area contributed by atoms with Crippen molar-refractivity contribution in [3.63, 3.8) is 0 Å². The van der Waals surface area contributed by atoms with E-state index < -0.39 is 15.4 Å². The molecule has 2 aromatic carbocycles. The largest absolute Gasteiger partial charge is 0.324 e. The minimum absolute atomic E-state index is 0.0752. The minimum atomic E-state index is -3.25. The number of nitrogens with zero attached hydrogens (tertiary/aromatic N) is 1. The van der Waals surface area contributed by atoms with Crippen LogP contribution in [0.3, 0.4) is 0 Å². The highest BCUT2D eigenvalue weighted by Crippen LogP contribution is 2.38. The zero-order valence-corrected chi connectivity index (χ0v) is 17.9. The average molecular weight is 419 g/mol. The van der Waals surface area contributed by atoms with Crippen LogP contribution in [0.1, 0.15) is 25.3 Å². The lowest BCUT2D eigenvalue weighted by atomic mass is 9.72. The zero-order valence-electron chi connectivity index (χ0n) is 16.2. The summed E-state index contributed by atoms with van der Waals surface area (Å²) in [5, 5.41) is 3.11. The Hall–Kier alpha value is -1.83. The van der Waals surface area contributed by atoms with Crippen LogP contribution in [-0.4, -0.2) is 43.7 Å². The molecule has 0 saturated carbocycles. The molecule has 1 fully saturated rings. The van der Waals surface area contributed by atoms with E-state index in [4.69, 9.17) is 0 Å². The predicted molar refractivity (Wildman–Crippen MR) is 115 cm³/mol. The summed E-state index contributed by atoms with van der Waals surface area (Å²) >= 11 is 1.58. The van der Waals surface area contributed by atoms with Crippen molar-refractivity contribution in [2.45, 2.75) is 30.1 Å². The lowest BCUT2D eigenvalue weighted by molar-refractivity contribution is -0.123. The summed E-state index contributed by atoms with van der Waals surface area (Å²) in [5.41, 5.74) is 0.980. The Morgan fingerprint density at radius 1 is 1.07 bits per heavy atom. The Labute approximate surface area is 171 Å². The molecule has 1 N–H and O–H groups in total. The van der Waals surface area contributed by atoms with Gasteiger partial charge in [0.2, 0.25) is 15.9 Å². The van der Waals surface area contributed by atoms with Gasteiger partial charge in [0, 0.05) is 18.0 Å². The Morgan fingerprint density at radius 2 is 1.68 bits per heavy atom. The fourth-order valence-electron chi connectivity index (χ4n) is 3.72. The van der Waals surface area contributed by atoms with Gasteiger partial charge in [-0.25, -0.2) is 12.7 Å². The maximum absolute atomic E-state index is 13.5. The molecule has 1 amide bonds. The SMILES string of the molecule is CCS(=O)(=O)N1CCC(C(=O)Nc2ccccc2SC)(c2ccccc2)CC1. The van der Waals surface area contributed by atoms with E-state index in [1.165, 1.54) is 4.31 Å². The molecule has 1 saturated heterocycles. The quantitative estimate of drug-likeness (QED) is 0.726. The molecule has 0 unspecified atom stereocenters. The Kier molecular flexibility index (Phi) is 6.47. The summed E-state index contributed by atoms with van der Waals surface area (Å²) in [4.78, 5) is 14.5.